The maximum absolute atomic E-state index is 12.5. The Bertz CT molecular complexity index is 439. The van der Waals surface area contributed by atoms with Crippen molar-refractivity contribution in [2.75, 3.05) is 0 Å². The Kier molecular flexibility index (Phi) is 4.00. The SMILES string of the molecule is O=C(CCC1CCCC1)c1ccccc1C1CCC1. The normalized spacial score (nSPS) is 20.4. The van der Waals surface area contributed by atoms with Gasteiger partial charge in [-0.3, -0.25) is 4.79 Å². The molecule has 0 saturated heterocycles. The summed E-state index contributed by atoms with van der Waals surface area (Å²) in [6, 6.07) is 8.32. The number of benzene rings is 1. The molecule has 1 aromatic rings. The van der Waals surface area contributed by atoms with Crippen LogP contribution in [0.4, 0.5) is 0 Å². The van der Waals surface area contributed by atoms with E-state index in [9.17, 15) is 4.79 Å². The van der Waals surface area contributed by atoms with E-state index in [1.807, 2.05) is 12.1 Å². The van der Waals surface area contributed by atoms with Crippen LogP contribution in [0.15, 0.2) is 24.3 Å². The molecular weight excluding hydrogens is 232 g/mol. The number of ketones is 1. The fourth-order valence-electron chi connectivity index (χ4n) is 3.60. The van der Waals surface area contributed by atoms with Gasteiger partial charge in [-0.1, -0.05) is 56.4 Å². The average molecular weight is 256 g/mol. The van der Waals surface area contributed by atoms with Gasteiger partial charge in [0.15, 0.2) is 5.78 Å². The molecule has 1 aromatic carbocycles. The zero-order valence-corrected chi connectivity index (χ0v) is 11.7. The van der Waals surface area contributed by atoms with Crippen molar-refractivity contribution >= 4 is 5.78 Å². The Morgan fingerprint density at radius 3 is 2.42 bits per heavy atom. The maximum atomic E-state index is 12.5. The smallest absolute Gasteiger partial charge is 0.163 e. The molecule has 0 aromatic heterocycles. The molecular formula is C18H24O. The Labute approximate surface area is 116 Å². The Morgan fingerprint density at radius 1 is 1.00 bits per heavy atom. The van der Waals surface area contributed by atoms with E-state index in [1.54, 1.807) is 0 Å². The van der Waals surface area contributed by atoms with Gasteiger partial charge in [0.2, 0.25) is 0 Å². The third kappa shape index (κ3) is 2.91. The van der Waals surface area contributed by atoms with Crippen LogP contribution in [0.3, 0.4) is 0 Å². The van der Waals surface area contributed by atoms with Gasteiger partial charge < -0.3 is 0 Å². The zero-order valence-electron chi connectivity index (χ0n) is 11.7. The first kappa shape index (κ1) is 12.9. The second kappa shape index (κ2) is 5.90. The van der Waals surface area contributed by atoms with Crippen molar-refractivity contribution in [2.45, 2.75) is 63.7 Å². The third-order valence-electron chi connectivity index (χ3n) is 5.06. The van der Waals surface area contributed by atoms with Gasteiger partial charge in [0, 0.05) is 12.0 Å². The molecule has 0 amide bonds. The molecule has 0 heterocycles. The summed E-state index contributed by atoms with van der Waals surface area (Å²) < 4.78 is 0. The average Bonchev–Trinajstić information content (AvgIpc) is 2.88. The topological polar surface area (TPSA) is 17.1 Å². The number of carbonyl (C=O) groups is 1. The van der Waals surface area contributed by atoms with Gasteiger partial charge in [-0.05, 0) is 36.7 Å². The summed E-state index contributed by atoms with van der Waals surface area (Å²) >= 11 is 0. The predicted octanol–water partition coefficient (Wildman–Crippen LogP) is 5.11. The van der Waals surface area contributed by atoms with Crippen LogP contribution in [0.5, 0.6) is 0 Å². The molecule has 1 nitrogen and oxygen atoms in total. The Balaban J connectivity index is 1.65. The molecule has 0 atom stereocenters. The van der Waals surface area contributed by atoms with Gasteiger partial charge in [0.05, 0.1) is 0 Å². The van der Waals surface area contributed by atoms with Crippen molar-refractivity contribution in [3.05, 3.63) is 35.4 Å². The summed E-state index contributed by atoms with van der Waals surface area (Å²) in [5.41, 5.74) is 2.34. The lowest BCUT2D eigenvalue weighted by molar-refractivity contribution is 0.0972. The van der Waals surface area contributed by atoms with E-state index in [2.05, 4.69) is 12.1 Å². The van der Waals surface area contributed by atoms with Crippen molar-refractivity contribution in [1.82, 2.24) is 0 Å². The van der Waals surface area contributed by atoms with Gasteiger partial charge in [-0.2, -0.15) is 0 Å². The Hall–Kier alpha value is -1.11. The fraction of sp³-hybridized carbons (Fsp3) is 0.611. The highest BCUT2D eigenvalue weighted by Crippen LogP contribution is 2.38. The van der Waals surface area contributed by atoms with Gasteiger partial charge in [0.1, 0.15) is 0 Å². The minimum atomic E-state index is 0.384. The van der Waals surface area contributed by atoms with Crippen LogP contribution in [0, 0.1) is 5.92 Å². The summed E-state index contributed by atoms with van der Waals surface area (Å²) in [7, 11) is 0. The molecule has 3 rings (SSSR count). The summed E-state index contributed by atoms with van der Waals surface area (Å²) in [6.07, 6.45) is 11.2. The van der Waals surface area contributed by atoms with E-state index >= 15 is 0 Å². The first-order valence-corrected chi connectivity index (χ1v) is 7.96. The lowest BCUT2D eigenvalue weighted by atomic mass is 9.77. The number of hydrogen-bond donors (Lipinski definition) is 0. The quantitative estimate of drug-likeness (QED) is 0.669. The van der Waals surface area contributed by atoms with Crippen LogP contribution >= 0.6 is 0 Å². The van der Waals surface area contributed by atoms with Gasteiger partial charge in [0.25, 0.3) is 0 Å². The van der Waals surface area contributed by atoms with E-state index in [1.165, 1.54) is 50.5 Å². The van der Waals surface area contributed by atoms with E-state index < -0.39 is 0 Å². The van der Waals surface area contributed by atoms with Crippen LogP contribution in [0.1, 0.15) is 79.6 Å². The van der Waals surface area contributed by atoms with E-state index in [0.29, 0.717) is 11.7 Å². The minimum absolute atomic E-state index is 0.384. The lowest BCUT2D eigenvalue weighted by Crippen LogP contribution is -2.14. The van der Waals surface area contributed by atoms with Gasteiger partial charge in [-0.25, -0.2) is 0 Å². The molecule has 2 saturated carbocycles. The number of Topliss-reactive ketones (excluding diaryl/α,β-unsaturated/α-hetero) is 1. The van der Waals surface area contributed by atoms with Crippen LogP contribution in [-0.2, 0) is 0 Å². The summed E-state index contributed by atoms with van der Waals surface area (Å²) in [6.45, 7) is 0. The summed E-state index contributed by atoms with van der Waals surface area (Å²) in [4.78, 5) is 12.5. The second-order valence-corrected chi connectivity index (χ2v) is 6.33. The monoisotopic (exact) mass is 256 g/mol. The molecule has 0 spiro atoms. The molecule has 102 valence electrons. The highest BCUT2D eigenvalue weighted by molar-refractivity contribution is 5.97. The standard InChI is InChI=1S/C18H24O/c19-18(13-12-14-6-1-2-7-14)17-11-4-3-10-16(17)15-8-5-9-15/h3-4,10-11,14-15H,1-2,5-9,12-13H2. The van der Waals surface area contributed by atoms with Crippen molar-refractivity contribution in [3.63, 3.8) is 0 Å². The number of carbonyl (C=O) groups excluding carboxylic acids is 1. The molecule has 0 aliphatic heterocycles. The highest BCUT2D eigenvalue weighted by Gasteiger charge is 2.24. The number of rotatable bonds is 5. The summed E-state index contributed by atoms with van der Waals surface area (Å²) in [5, 5.41) is 0. The maximum Gasteiger partial charge on any atom is 0.163 e. The zero-order chi connectivity index (χ0) is 13.1. The largest absolute Gasteiger partial charge is 0.294 e. The molecule has 0 unspecified atom stereocenters. The predicted molar refractivity (Wildman–Crippen MR) is 78.6 cm³/mol. The third-order valence-corrected chi connectivity index (χ3v) is 5.06. The van der Waals surface area contributed by atoms with Gasteiger partial charge in [-0.15, -0.1) is 0 Å². The Morgan fingerprint density at radius 2 is 1.74 bits per heavy atom. The molecule has 19 heavy (non-hydrogen) atoms. The minimum Gasteiger partial charge on any atom is -0.294 e. The van der Waals surface area contributed by atoms with E-state index in [0.717, 1.165) is 24.3 Å². The first-order chi connectivity index (χ1) is 9.34. The molecule has 0 radical (unpaired) electrons. The van der Waals surface area contributed by atoms with E-state index in [-0.39, 0.29) is 0 Å². The molecule has 2 fully saturated rings. The summed E-state index contributed by atoms with van der Waals surface area (Å²) in [5.74, 6) is 1.86. The molecule has 1 heteroatoms. The number of hydrogen-bond acceptors (Lipinski definition) is 1. The van der Waals surface area contributed by atoms with Crippen LogP contribution in [0.2, 0.25) is 0 Å². The van der Waals surface area contributed by atoms with Crippen molar-refractivity contribution in [2.24, 2.45) is 5.92 Å². The van der Waals surface area contributed by atoms with E-state index in [4.69, 9.17) is 0 Å². The second-order valence-electron chi connectivity index (χ2n) is 6.33. The van der Waals surface area contributed by atoms with Crippen LogP contribution in [-0.4, -0.2) is 5.78 Å². The molecule has 0 N–H and O–H groups in total. The van der Waals surface area contributed by atoms with Crippen LogP contribution in [0.25, 0.3) is 0 Å². The lowest BCUT2D eigenvalue weighted by Gasteiger charge is -2.27. The van der Waals surface area contributed by atoms with Crippen LogP contribution < -0.4 is 0 Å². The highest BCUT2D eigenvalue weighted by atomic mass is 16.1. The van der Waals surface area contributed by atoms with Gasteiger partial charge >= 0.3 is 0 Å². The molecule has 2 aliphatic carbocycles. The van der Waals surface area contributed by atoms with Crippen molar-refractivity contribution in [1.29, 1.82) is 0 Å². The first-order valence-electron chi connectivity index (χ1n) is 7.96. The van der Waals surface area contributed by atoms with Crippen molar-refractivity contribution in [3.8, 4) is 0 Å². The molecule has 2 aliphatic rings. The fourth-order valence-corrected chi connectivity index (χ4v) is 3.60. The van der Waals surface area contributed by atoms with Crippen molar-refractivity contribution < 1.29 is 4.79 Å². The molecule has 0 bridgehead atoms.